The van der Waals surface area contributed by atoms with Crippen LogP contribution in [0.2, 0.25) is 0 Å². The number of rotatable bonds is 9. The maximum atomic E-state index is 5.98. The molecule has 2 N–H and O–H groups in total. The minimum Gasteiger partial charge on any atom is -0.493 e. The van der Waals surface area contributed by atoms with Crippen LogP contribution in [0.4, 0.5) is 0 Å². The lowest BCUT2D eigenvalue weighted by Gasteiger charge is -2.25. The number of ether oxygens (including phenoxy) is 1. The van der Waals surface area contributed by atoms with Gasteiger partial charge in [-0.3, -0.25) is 9.89 Å². The van der Waals surface area contributed by atoms with E-state index in [1.54, 1.807) is 0 Å². The first-order valence-electron chi connectivity index (χ1n) is 9.54. The molecule has 0 amide bonds. The van der Waals surface area contributed by atoms with E-state index < -0.39 is 0 Å². The highest BCUT2D eigenvalue weighted by molar-refractivity contribution is 14.0. The molecule has 1 aromatic rings. The summed E-state index contributed by atoms with van der Waals surface area (Å²) in [5.41, 5.74) is 1.18. The van der Waals surface area contributed by atoms with Gasteiger partial charge in [0.2, 0.25) is 0 Å². The average molecular weight is 472 g/mol. The molecule has 3 rings (SSSR count). The number of aliphatic imine (C=N–C) groups is 1. The highest BCUT2D eigenvalue weighted by Crippen LogP contribution is 2.30. The second-order valence-corrected chi connectivity index (χ2v) is 7.41. The highest BCUT2D eigenvalue weighted by atomic mass is 127. The molecule has 146 valence electrons. The molecule has 5 nitrogen and oxygen atoms in total. The van der Waals surface area contributed by atoms with Gasteiger partial charge in [0.05, 0.1) is 6.61 Å². The number of nitrogens with one attached hydrogen (secondary N) is 2. The van der Waals surface area contributed by atoms with Crippen LogP contribution in [0.3, 0.4) is 0 Å². The van der Waals surface area contributed by atoms with Crippen LogP contribution >= 0.6 is 24.0 Å². The van der Waals surface area contributed by atoms with Crippen molar-refractivity contribution in [3.8, 4) is 5.75 Å². The molecule has 2 aliphatic rings. The van der Waals surface area contributed by atoms with E-state index in [2.05, 4.69) is 52.7 Å². The van der Waals surface area contributed by atoms with Crippen LogP contribution in [0.1, 0.15) is 38.2 Å². The Hall–Kier alpha value is -1.02. The monoisotopic (exact) mass is 472 g/mol. The van der Waals surface area contributed by atoms with E-state index in [1.165, 1.54) is 31.2 Å². The van der Waals surface area contributed by atoms with Crippen molar-refractivity contribution in [2.75, 3.05) is 27.2 Å². The molecule has 1 atom stereocenters. The zero-order valence-electron chi connectivity index (χ0n) is 16.2. The van der Waals surface area contributed by atoms with E-state index in [4.69, 9.17) is 4.74 Å². The van der Waals surface area contributed by atoms with Gasteiger partial charge in [-0.05, 0) is 51.6 Å². The number of hydrogen-bond donors (Lipinski definition) is 2. The molecule has 0 saturated heterocycles. The topological polar surface area (TPSA) is 48.9 Å². The molecule has 0 radical (unpaired) electrons. The maximum absolute atomic E-state index is 5.98. The van der Waals surface area contributed by atoms with Gasteiger partial charge in [-0.25, -0.2) is 0 Å². The van der Waals surface area contributed by atoms with Gasteiger partial charge in [-0.2, -0.15) is 0 Å². The number of nitrogens with zero attached hydrogens (tertiary/aromatic N) is 2. The Kier molecular flexibility index (Phi) is 8.47. The minimum absolute atomic E-state index is 0. The molecule has 1 unspecified atom stereocenters. The number of para-hydroxylation sites is 1. The molecule has 0 aromatic heterocycles. The standard InChI is InChI=1S/C20H32N4O.HI/c1-15(24(3)18-10-11-18)12-22-20(21-2)23-13-17-6-4-5-7-19(17)25-14-16-8-9-16;/h4-7,15-16,18H,8-14H2,1-3H3,(H2,21,22,23);1H. The van der Waals surface area contributed by atoms with Crippen molar-refractivity contribution in [2.24, 2.45) is 10.9 Å². The van der Waals surface area contributed by atoms with Crippen LogP contribution in [0, 0.1) is 5.92 Å². The molecule has 1 aromatic carbocycles. The lowest BCUT2D eigenvalue weighted by molar-refractivity contribution is 0.247. The molecule has 0 aliphatic heterocycles. The number of halogens is 1. The molecule has 6 heteroatoms. The van der Waals surface area contributed by atoms with Crippen molar-refractivity contribution in [1.29, 1.82) is 0 Å². The SMILES string of the molecule is CN=C(NCc1ccccc1OCC1CC1)NCC(C)N(C)C1CC1.I. The van der Waals surface area contributed by atoms with E-state index >= 15 is 0 Å². The third-order valence-corrected chi connectivity index (χ3v) is 5.20. The van der Waals surface area contributed by atoms with Gasteiger partial charge in [0, 0.05) is 37.8 Å². The van der Waals surface area contributed by atoms with Crippen molar-refractivity contribution >= 4 is 29.9 Å². The summed E-state index contributed by atoms with van der Waals surface area (Å²) in [5.74, 6) is 2.59. The summed E-state index contributed by atoms with van der Waals surface area (Å²) in [4.78, 5) is 6.80. The predicted octanol–water partition coefficient (Wildman–Crippen LogP) is 3.24. The quantitative estimate of drug-likeness (QED) is 0.329. The number of hydrogen-bond acceptors (Lipinski definition) is 3. The van der Waals surface area contributed by atoms with Crippen molar-refractivity contribution in [3.05, 3.63) is 29.8 Å². The second kappa shape index (κ2) is 10.3. The summed E-state index contributed by atoms with van der Waals surface area (Å²) in [6.07, 6.45) is 5.30. The second-order valence-electron chi connectivity index (χ2n) is 7.41. The Morgan fingerprint density at radius 1 is 1.23 bits per heavy atom. The van der Waals surface area contributed by atoms with Crippen molar-refractivity contribution < 1.29 is 4.74 Å². The zero-order chi connectivity index (χ0) is 17.6. The Balaban J connectivity index is 0.00000243. The minimum atomic E-state index is 0. The van der Waals surface area contributed by atoms with E-state index in [1.807, 2.05) is 13.1 Å². The molecule has 26 heavy (non-hydrogen) atoms. The third-order valence-electron chi connectivity index (χ3n) is 5.20. The highest BCUT2D eigenvalue weighted by Gasteiger charge is 2.29. The maximum Gasteiger partial charge on any atom is 0.191 e. The normalized spacial score (nSPS) is 18.2. The number of benzene rings is 1. The van der Waals surface area contributed by atoms with Crippen LogP contribution in [0.5, 0.6) is 5.75 Å². The first kappa shape index (κ1) is 21.3. The summed E-state index contributed by atoms with van der Waals surface area (Å²) in [7, 11) is 4.04. The van der Waals surface area contributed by atoms with Gasteiger partial charge in [-0.15, -0.1) is 24.0 Å². The first-order chi connectivity index (χ1) is 12.2. The fraction of sp³-hybridized carbons (Fsp3) is 0.650. The Bertz CT molecular complexity index is 587. The van der Waals surface area contributed by atoms with Crippen LogP contribution in [0.15, 0.2) is 29.3 Å². The van der Waals surface area contributed by atoms with Gasteiger partial charge in [0.25, 0.3) is 0 Å². The van der Waals surface area contributed by atoms with Gasteiger partial charge < -0.3 is 15.4 Å². The van der Waals surface area contributed by atoms with Crippen molar-refractivity contribution in [1.82, 2.24) is 15.5 Å². The summed E-state index contributed by atoms with van der Waals surface area (Å²) in [5, 5.41) is 6.85. The molecule has 0 bridgehead atoms. The van der Waals surface area contributed by atoms with Gasteiger partial charge in [-0.1, -0.05) is 18.2 Å². The average Bonchev–Trinajstić information content (AvgIpc) is 3.53. The zero-order valence-corrected chi connectivity index (χ0v) is 18.5. The lowest BCUT2D eigenvalue weighted by atomic mass is 10.2. The van der Waals surface area contributed by atoms with Crippen LogP contribution < -0.4 is 15.4 Å². The van der Waals surface area contributed by atoms with Gasteiger partial charge >= 0.3 is 0 Å². The van der Waals surface area contributed by atoms with Gasteiger partial charge in [0.1, 0.15) is 5.75 Å². The molecule has 2 fully saturated rings. The fourth-order valence-corrected chi connectivity index (χ4v) is 2.91. The fourth-order valence-electron chi connectivity index (χ4n) is 2.91. The smallest absolute Gasteiger partial charge is 0.191 e. The van der Waals surface area contributed by atoms with E-state index in [0.29, 0.717) is 12.6 Å². The lowest BCUT2D eigenvalue weighted by Crippen LogP contribution is -2.45. The van der Waals surface area contributed by atoms with E-state index in [9.17, 15) is 0 Å². The Morgan fingerprint density at radius 3 is 2.62 bits per heavy atom. The molecule has 0 spiro atoms. The number of likely N-dealkylation sites (N-methyl/N-ethyl adjacent to an activating group) is 1. The van der Waals surface area contributed by atoms with Crippen molar-refractivity contribution in [2.45, 2.75) is 51.2 Å². The van der Waals surface area contributed by atoms with E-state index in [0.717, 1.165) is 36.8 Å². The summed E-state index contributed by atoms with van der Waals surface area (Å²) in [6, 6.07) is 9.55. The Morgan fingerprint density at radius 2 is 1.96 bits per heavy atom. The summed E-state index contributed by atoms with van der Waals surface area (Å²) < 4.78 is 5.98. The third kappa shape index (κ3) is 6.61. The largest absolute Gasteiger partial charge is 0.493 e. The summed E-state index contributed by atoms with van der Waals surface area (Å²) in [6.45, 7) is 4.72. The molecular weight excluding hydrogens is 439 g/mol. The van der Waals surface area contributed by atoms with Crippen molar-refractivity contribution in [3.63, 3.8) is 0 Å². The van der Waals surface area contributed by atoms with Gasteiger partial charge in [0.15, 0.2) is 5.96 Å². The molecule has 2 aliphatic carbocycles. The van der Waals surface area contributed by atoms with E-state index in [-0.39, 0.29) is 24.0 Å². The number of guanidine groups is 1. The predicted molar refractivity (Wildman–Crippen MR) is 119 cm³/mol. The van der Waals surface area contributed by atoms with Crippen LogP contribution in [-0.2, 0) is 6.54 Å². The van der Waals surface area contributed by atoms with Crippen LogP contribution in [-0.4, -0.2) is 50.2 Å². The Labute approximate surface area is 175 Å². The summed E-state index contributed by atoms with van der Waals surface area (Å²) >= 11 is 0. The first-order valence-corrected chi connectivity index (χ1v) is 9.54. The van der Waals surface area contributed by atoms with Crippen LogP contribution in [0.25, 0.3) is 0 Å². The molecule has 0 heterocycles. The molecule has 2 saturated carbocycles. The molecular formula is C20H33IN4O.